The number of carbonyl (C=O) groups is 2. The molecule has 2 unspecified atom stereocenters. The molecule has 48 heavy (non-hydrogen) atoms. The molecule has 0 aliphatic carbocycles. The molecule has 1 N–H and O–H groups in total. The second kappa shape index (κ2) is 15.7. The smallest absolute Gasteiger partial charge is 0.264 e. The Morgan fingerprint density at radius 3 is 2.21 bits per heavy atom. The fourth-order valence-corrected chi connectivity index (χ4v) is 6.83. The third-order valence-corrected chi connectivity index (χ3v) is 9.97. The van der Waals surface area contributed by atoms with Gasteiger partial charge < -0.3 is 24.4 Å². The lowest BCUT2D eigenvalue weighted by atomic mass is 10.0. The molecule has 2 atom stereocenters. The number of nitrogens with one attached hydrogen (secondary N) is 1. The lowest BCUT2D eigenvalue weighted by Crippen LogP contribution is -2.54. The van der Waals surface area contributed by atoms with Crippen LogP contribution in [0.15, 0.2) is 108 Å². The van der Waals surface area contributed by atoms with Crippen LogP contribution in [0.25, 0.3) is 0 Å². The van der Waals surface area contributed by atoms with E-state index in [-0.39, 0.29) is 35.5 Å². The second-order valence-corrected chi connectivity index (χ2v) is 13.4. The first-order chi connectivity index (χ1) is 23.2. The molecule has 10 nitrogen and oxygen atoms in total. The Labute approximate surface area is 282 Å². The van der Waals surface area contributed by atoms with Gasteiger partial charge in [0.1, 0.15) is 31.5 Å². The number of rotatable bonds is 14. The lowest BCUT2D eigenvalue weighted by Gasteiger charge is -2.34. The number of carbonyl (C=O) groups excluding carboxylic acids is 2. The molecule has 1 aliphatic rings. The first-order valence-corrected chi connectivity index (χ1v) is 17.4. The lowest BCUT2D eigenvalue weighted by molar-refractivity contribution is -0.140. The zero-order chi connectivity index (χ0) is 34.1. The first kappa shape index (κ1) is 34.3. The van der Waals surface area contributed by atoms with E-state index < -0.39 is 28.5 Å². The van der Waals surface area contributed by atoms with Gasteiger partial charge in [-0.2, -0.15) is 0 Å². The minimum absolute atomic E-state index is 0.0161. The van der Waals surface area contributed by atoms with E-state index in [1.165, 1.54) is 17.0 Å². The van der Waals surface area contributed by atoms with Crippen molar-refractivity contribution in [3.8, 4) is 17.2 Å². The van der Waals surface area contributed by atoms with Crippen LogP contribution in [0.5, 0.6) is 17.2 Å². The van der Waals surface area contributed by atoms with Crippen LogP contribution in [0.4, 0.5) is 5.69 Å². The van der Waals surface area contributed by atoms with Gasteiger partial charge >= 0.3 is 0 Å². The van der Waals surface area contributed by atoms with Crippen LogP contribution in [-0.4, -0.2) is 64.1 Å². The van der Waals surface area contributed by atoms with E-state index >= 15 is 0 Å². The monoisotopic (exact) mass is 671 g/mol. The highest BCUT2D eigenvalue weighted by atomic mass is 32.2. The van der Waals surface area contributed by atoms with Crippen LogP contribution in [-0.2, 0) is 32.6 Å². The summed E-state index contributed by atoms with van der Waals surface area (Å²) in [6, 6.07) is 28.3. The average Bonchev–Trinajstić information content (AvgIpc) is 3.12. The standard InChI is InChI=1S/C37H41N3O7S/c1-4-27(2)38-37(42)33(23-28-12-7-5-8-13-28)39(25-29-14-11-15-31(22-29)45-3)36(41)26-40(48(43,44)32-16-9-6-10-17-32)30-18-19-34-35(24-30)47-21-20-46-34/h5-19,22,24,27,33H,4,20-21,23,25-26H2,1-3H3,(H,38,42). The topological polar surface area (TPSA) is 114 Å². The number of hydrogen-bond acceptors (Lipinski definition) is 7. The summed E-state index contributed by atoms with van der Waals surface area (Å²) in [5.41, 5.74) is 1.79. The SMILES string of the molecule is CCC(C)NC(=O)C(Cc1ccccc1)N(Cc1cccc(OC)c1)C(=O)CN(c1ccc2c(c1)OCCO2)S(=O)(=O)c1ccccc1. The minimum atomic E-state index is -4.25. The summed E-state index contributed by atoms with van der Waals surface area (Å²) in [4.78, 5) is 30.2. The van der Waals surface area contributed by atoms with Crippen molar-refractivity contribution in [1.29, 1.82) is 0 Å². The van der Waals surface area contributed by atoms with E-state index in [4.69, 9.17) is 14.2 Å². The Bertz CT molecular complexity index is 1800. The molecule has 0 fully saturated rings. The zero-order valence-corrected chi connectivity index (χ0v) is 28.2. The predicted octanol–water partition coefficient (Wildman–Crippen LogP) is 5.22. The fourth-order valence-electron chi connectivity index (χ4n) is 5.40. The average molecular weight is 672 g/mol. The molecule has 252 valence electrons. The second-order valence-electron chi connectivity index (χ2n) is 11.5. The van der Waals surface area contributed by atoms with Crippen LogP contribution in [0, 0.1) is 0 Å². The summed E-state index contributed by atoms with van der Waals surface area (Å²) in [6.07, 6.45) is 0.912. The molecular formula is C37H41N3O7S. The molecular weight excluding hydrogens is 630 g/mol. The van der Waals surface area contributed by atoms with Crippen LogP contribution in [0.3, 0.4) is 0 Å². The van der Waals surface area contributed by atoms with Crippen LogP contribution in [0.1, 0.15) is 31.4 Å². The Morgan fingerprint density at radius 1 is 0.854 bits per heavy atom. The molecule has 0 spiro atoms. The van der Waals surface area contributed by atoms with Crippen molar-refractivity contribution in [2.24, 2.45) is 0 Å². The molecule has 5 rings (SSSR count). The Balaban J connectivity index is 1.59. The number of methoxy groups -OCH3 is 1. The molecule has 11 heteroatoms. The van der Waals surface area contributed by atoms with Gasteiger partial charge in [0.25, 0.3) is 10.0 Å². The van der Waals surface area contributed by atoms with E-state index in [0.29, 0.717) is 42.4 Å². The van der Waals surface area contributed by atoms with Crippen molar-refractivity contribution in [3.05, 3.63) is 114 Å². The van der Waals surface area contributed by atoms with Gasteiger partial charge in [-0.05, 0) is 60.9 Å². The van der Waals surface area contributed by atoms with E-state index in [9.17, 15) is 18.0 Å². The van der Waals surface area contributed by atoms with Gasteiger partial charge in [-0.15, -0.1) is 0 Å². The maximum Gasteiger partial charge on any atom is 0.264 e. The Hall–Kier alpha value is -5.03. The summed E-state index contributed by atoms with van der Waals surface area (Å²) < 4.78 is 46.5. The predicted molar refractivity (Wildman–Crippen MR) is 184 cm³/mol. The molecule has 0 saturated heterocycles. The molecule has 1 heterocycles. The van der Waals surface area contributed by atoms with Crippen molar-refractivity contribution in [2.75, 3.05) is 31.2 Å². The van der Waals surface area contributed by atoms with Crippen molar-refractivity contribution in [3.63, 3.8) is 0 Å². The van der Waals surface area contributed by atoms with Crippen molar-refractivity contribution < 1.29 is 32.2 Å². The number of sulfonamides is 1. The number of ether oxygens (including phenoxy) is 3. The van der Waals surface area contributed by atoms with Gasteiger partial charge in [0, 0.05) is 25.1 Å². The van der Waals surface area contributed by atoms with Crippen LogP contribution in [0.2, 0.25) is 0 Å². The molecule has 1 aliphatic heterocycles. The number of benzene rings is 4. The van der Waals surface area contributed by atoms with Crippen molar-refractivity contribution >= 4 is 27.5 Å². The molecule has 0 bridgehead atoms. The van der Waals surface area contributed by atoms with Crippen LogP contribution >= 0.6 is 0 Å². The normalized spacial score (nSPS) is 13.6. The minimum Gasteiger partial charge on any atom is -0.497 e. The summed E-state index contributed by atoms with van der Waals surface area (Å²) in [5.74, 6) is 0.557. The van der Waals surface area contributed by atoms with Gasteiger partial charge in [0.15, 0.2) is 11.5 Å². The maximum absolute atomic E-state index is 14.7. The molecule has 2 amide bonds. The van der Waals surface area contributed by atoms with Crippen molar-refractivity contribution in [2.45, 2.75) is 50.2 Å². The molecule has 0 saturated carbocycles. The Morgan fingerprint density at radius 2 is 1.52 bits per heavy atom. The number of amides is 2. The molecule has 0 radical (unpaired) electrons. The number of nitrogens with zero attached hydrogens (tertiary/aromatic N) is 2. The number of anilines is 1. The summed E-state index contributed by atoms with van der Waals surface area (Å²) >= 11 is 0. The zero-order valence-electron chi connectivity index (χ0n) is 27.4. The highest BCUT2D eigenvalue weighted by Gasteiger charge is 2.35. The largest absolute Gasteiger partial charge is 0.497 e. The highest BCUT2D eigenvalue weighted by molar-refractivity contribution is 7.92. The quantitative estimate of drug-likeness (QED) is 0.196. The molecule has 4 aromatic carbocycles. The van der Waals surface area contributed by atoms with Gasteiger partial charge in [-0.3, -0.25) is 13.9 Å². The Kier molecular flexibility index (Phi) is 11.2. The summed E-state index contributed by atoms with van der Waals surface area (Å²) in [5, 5.41) is 3.05. The molecule has 4 aromatic rings. The third kappa shape index (κ3) is 8.27. The van der Waals surface area contributed by atoms with Crippen LogP contribution < -0.4 is 23.8 Å². The first-order valence-electron chi connectivity index (χ1n) is 15.9. The van der Waals surface area contributed by atoms with Gasteiger partial charge in [-0.25, -0.2) is 8.42 Å². The van der Waals surface area contributed by atoms with Gasteiger partial charge in [0.05, 0.1) is 17.7 Å². The van der Waals surface area contributed by atoms with E-state index in [0.717, 1.165) is 9.87 Å². The highest BCUT2D eigenvalue weighted by Crippen LogP contribution is 2.36. The van der Waals surface area contributed by atoms with Gasteiger partial charge in [0.2, 0.25) is 11.8 Å². The third-order valence-electron chi connectivity index (χ3n) is 8.18. The maximum atomic E-state index is 14.7. The van der Waals surface area contributed by atoms with Crippen molar-refractivity contribution in [1.82, 2.24) is 10.2 Å². The van der Waals surface area contributed by atoms with Gasteiger partial charge in [-0.1, -0.05) is 67.6 Å². The summed E-state index contributed by atoms with van der Waals surface area (Å²) in [7, 11) is -2.70. The number of fused-ring (bicyclic) bond motifs is 1. The summed E-state index contributed by atoms with van der Waals surface area (Å²) in [6.45, 7) is 4.00. The van der Waals surface area contributed by atoms with E-state index in [1.807, 2.05) is 56.3 Å². The molecule has 0 aromatic heterocycles. The number of hydrogen-bond donors (Lipinski definition) is 1. The fraction of sp³-hybridized carbons (Fsp3) is 0.297. The van der Waals surface area contributed by atoms with E-state index in [2.05, 4.69) is 5.32 Å². The van der Waals surface area contributed by atoms with E-state index in [1.54, 1.807) is 55.6 Å².